The predicted octanol–water partition coefficient (Wildman–Crippen LogP) is 1.04. The van der Waals surface area contributed by atoms with Crippen LogP contribution in [0, 0.1) is 10.1 Å². The lowest BCUT2D eigenvalue weighted by atomic mass is 10.2. The van der Waals surface area contributed by atoms with Crippen LogP contribution in [0.3, 0.4) is 0 Å². The number of nitrogens with zero attached hydrogens (tertiary/aromatic N) is 4. The third kappa shape index (κ3) is 2.73. The molecule has 8 nitrogen and oxygen atoms in total. The molecule has 8 heteroatoms. The van der Waals surface area contributed by atoms with E-state index in [-0.39, 0.29) is 17.8 Å². The van der Waals surface area contributed by atoms with Crippen LogP contribution in [-0.2, 0) is 4.74 Å². The van der Waals surface area contributed by atoms with Crippen molar-refractivity contribution < 1.29 is 9.66 Å². The highest BCUT2D eigenvalue weighted by molar-refractivity contribution is 5.59. The number of aromatic nitrogens is 2. The average molecular weight is 267 g/mol. The highest BCUT2D eigenvalue weighted by Gasteiger charge is 2.30. The Morgan fingerprint density at radius 1 is 1.58 bits per heavy atom. The molecule has 1 aromatic heterocycles. The summed E-state index contributed by atoms with van der Waals surface area (Å²) in [6, 6.07) is 0.0366. The fraction of sp³-hybridized carbons (Fsp3) is 0.636. The highest BCUT2D eigenvalue weighted by Crippen LogP contribution is 2.29. The first-order chi connectivity index (χ1) is 9.02. The van der Waals surface area contributed by atoms with E-state index in [0.717, 1.165) is 0 Å². The van der Waals surface area contributed by atoms with Crippen molar-refractivity contribution in [3.63, 3.8) is 0 Å². The molecule has 0 amide bonds. The van der Waals surface area contributed by atoms with Gasteiger partial charge >= 0.3 is 5.69 Å². The fourth-order valence-electron chi connectivity index (χ4n) is 2.03. The third-order valence-electron chi connectivity index (χ3n) is 3.05. The van der Waals surface area contributed by atoms with Gasteiger partial charge < -0.3 is 15.0 Å². The van der Waals surface area contributed by atoms with Crippen molar-refractivity contribution >= 4 is 17.5 Å². The largest absolute Gasteiger partial charge is 0.375 e. The number of morpholine rings is 1. The summed E-state index contributed by atoms with van der Waals surface area (Å²) in [5.41, 5.74) is -0.0834. The molecular formula is C11H17N5O3. The number of anilines is 2. The van der Waals surface area contributed by atoms with E-state index < -0.39 is 4.92 Å². The van der Waals surface area contributed by atoms with Gasteiger partial charge in [-0.05, 0) is 13.8 Å². The summed E-state index contributed by atoms with van der Waals surface area (Å²) in [6.07, 6.45) is 1.25. The first kappa shape index (κ1) is 13.5. The molecule has 19 heavy (non-hydrogen) atoms. The summed E-state index contributed by atoms with van der Waals surface area (Å²) in [5.74, 6) is 0.707. The highest BCUT2D eigenvalue weighted by atomic mass is 16.6. The first-order valence-corrected chi connectivity index (χ1v) is 6.10. The maximum atomic E-state index is 11.1. The quantitative estimate of drug-likeness (QED) is 0.646. The summed E-state index contributed by atoms with van der Waals surface area (Å²) in [4.78, 5) is 20.7. The lowest BCUT2D eigenvalue weighted by Gasteiger charge is -2.37. The zero-order valence-electron chi connectivity index (χ0n) is 11.2. The molecule has 2 rings (SSSR count). The summed E-state index contributed by atoms with van der Waals surface area (Å²) in [7, 11) is 1.68. The Hall–Kier alpha value is -1.96. The van der Waals surface area contributed by atoms with E-state index in [2.05, 4.69) is 15.3 Å². The molecule has 1 aliphatic heterocycles. The normalized spacial score (nSPS) is 23.2. The molecule has 0 bridgehead atoms. The topological polar surface area (TPSA) is 93.4 Å². The van der Waals surface area contributed by atoms with Crippen molar-refractivity contribution in [3.05, 3.63) is 16.3 Å². The monoisotopic (exact) mass is 267 g/mol. The Bertz CT molecular complexity index is 481. The van der Waals surface area contributed by atoms with Crippen LogP contribution < -0.4 is 10.2 Å². The van der Waals surface area contributed by atoms with Crippen LogP contribution in [0.2, 0.25) is 0 Å². The SMILES string of the molecule is CNc1ncc([N+](=O)[O-])c(N2CC(C)OCC2C)n1. The molecule has 0 spiro atoms. The van der Waals surface area contributed by atoms with Gasteiger partial charge in [0.2, 0.25) is 11.8 Å². The Balaban J connectivity index is 2.42. The summed E-state index contributed by atoms with van der Waals surface area (Å²) >= 11 is 0. The number of hydrogen-bond donors (Lipinski definition) is 1. The molecular weight excluding hydrogens is 250 g/mol. The minimum Gasteiger partial charge on any atom is -0.375 e. The lowest BCUT2D eigenvalue weighted by molar-refractivity contribution is -0.384. The molecule has 1 N–H and O–H groups in total. The minimum atomic E-state index is -0.457. The molecule has 0 aliphatic carbocycles. The Kier molecular flexibility index (Phi) is 3.79. The van der Waals surface area contributed by atoms with Gasteiger partial charge in [-0.25, -0.2) is 4.98 Å². The summed E-state index contributed by atoms with van der Waals surface area (Å²) in [5, 5.41) is 13.9. The molecule has 1 saturated heterocycles. The molecule has 1 aliphatic rings. The minimum absolute atomic E-state index is 0.0174. The summed E-state index contributed by atoms with van der Waals surface area (Å²) < 4.78 is 5.53. The number of nitrogens with one attached hydrogen (secondary N) is 1. The zero-order chi connectivity index (χ0) is 14.0. The Labute approximate surface area is 110 Å². The first-order valence-electron chi connectivity index (χ1n) is 6.10. The maximum Gasteiger partial charge on any atom is 0.329 e. The van der Waals surface area contributed by atoms with E-state index in [4.69, 9.17) is 4.74 Å². The molecule has 2 heterocycles. The number of nitro groups is 1. The van der Waals surface area contributed by atoms with Gasteiger partial charge in [0.25, 0.3) is 0 Å². The molecule has 1 aromatic rings. The van der Waals surface area contributed by atoms with Gasteiger partial charge in [0.05, 0.1) is 23.7 Å². The fourth-order valence-corrected chi connectivity index (χ4v) is 2.03. The van der Waals surface area contributed by atoms with E-state index in [9.17, 15) is 10.1 Å². The third-order valence-corrected chi connectivity index (χ3v) is 3.05. The van der Waals surface area contributed by atoms with Crippen molar-refractivity contribution in [3.8, 4) is 0 Å². The Morgan fingerprint density at radius 2 is 2.32 bits per heavy atom. The molecule has 104 valence electrons. The second-order valence-electron chi connectivity index (χ2n) is 4.55. The van der Waals surface area contributed by atoms with Crippen LogP contribution in [0.5, 0.6) is 0 Å². The van der Waals surface area contributed by atoms with Crippen LogP contribution in [0.1, 0.15) is 13.8 Å². The van der Waals surface area contributed by atoms with Gasteiger partial charge in [-0.3, -0.25) is 10.1 Å². The van der Waals surface area contributed by atoms with Gasteiger partial charge in [0, 0.05) is 13.6 Å². The maximum absolute atomic E-state index is 11.1. The summed E-state index contributed by atoms with van der Waals surface area (Å²) in [6.45, 7) is 4.99. The van der Waals surface area contributed by atoms with Crippen LogP contribution >= 0.6 is 0 Å². The molecule has 0 saturated carbocycles. The second-order valence-corrected chi connectivity index (χ2v) is 4.55. The van der Waals surface area contributed by atoms with E-state index in [1.54, 1.807) is 7.05 Å². The smallest absolute Gasteiger partial charge is 0.329 e. The number of hydrogen-bond acceptors (Lipinski definition) is 7. The standard InChI is InChI=1S/C11H17N5O3/c1-7-6-19-8(2)5-15(7)10-9(16(17)18)4-13-11(12-3)14-10/h4,7-8H,5-6H2,1-3H3,(H,12,13,14). The lowest BCUT2D eigenvalue weighted by Crippen LogP contribution is -2.48. The second kappa shape index (κ2) is 5.35. The molecule has 1 fully saturated rings. The van der Waals surface area contributed by atoms with Crippen molar-refractivity contribution in [1.29, 1.82) is 0 Å². The molecule has 2 atom stereocenters. The van der Waals surface area contributed by atoms with Crippen LogP contribution in [0.4, 0.5) is 17.5 Å². The molecule has 0 radical (unpaired) electrons. The van der Waals surface area contributed by atoms with E-state index in [0.29, 0.717) is 24.9 Å². The number of rotatable bonds is 3. The van der Waals surface area contributed by atoms with E-state index in [1.807, 2.05) is 18.7 Å². The molecule has 0 aromatic carbocycles. The van der Waals surface area contributed by atoms with Crippen molar-refractivity contribution in [2.45, 2.75) is 26.0 Å². The number of ether oxygens (including phenoxy) is 1. The van der Waals surface area contributed by atoms with Crippen LogP contribution in [0.25, 0.3) is 0 Å². The van der Waals surface area contributed by atoms with Crippen molar-refractivity contribution in [1.82, 2.24) is 9.97 Å². The van der Waals surface area contributed by atoms with Crippen LogP contribution in [-0.4, -0.2) is 47.2 Å². The van der Waals surface area contributed by atoms with E-state index >= 15 is 0 Å². The van der Waals surface area contributed by atoms with Gasteiger partial charge in [0.15, 0.2) is 0 Å². The molecule has 2 unspecified atom stereocenters. The average Bonchev–Trinajstić information content (AvgIpc) is 2.40. The van der Waals surface area contributed by atoms with E-state index in [1.165, 1.54) is 6.20 Å². The van der Waals surface area contributed by atoms with Gasteiger partial charge in [0.1, 0.15) is 6.20 Å². The van der Waals surface area contributed by atoms with Crippen molar-refractivity contribution in [2.24, 2.45) is 0 Å². The van der Waals surface area contributed by atoms with Gasteiger partial charge in [-0.1, -0.05) is 0 Å². The predicted molar refractivity (Wildman–Crippen MR) is 70.5 cm³/mol. The Morgan fingerprint density at radius 3 is 2.95 bits per heavy atom. The van der Waals surface area contributed by atoms with Gasteiger partial charge in [-0.15, -0.1) is 0 Å². The van der Waals surface area contributed by atoms with Crippen LogP contribution in [0.15, 0.2) is 6.20 Å². The van der Waals surface area contributed by atoms with Crippen molar-refractivity contribution in [2.75, 3.05) is 30.4 Å². The zero-order valence-corrected chi connectivity index (χ0v) is 11.2. The van der Waals surface area contributed by atoms with Gasteiger partial charge in [-0.2, -0.15) is 4.98 Å².